The largest absolute Gasteiger partial charge is 0.389 e. The quantitative estimate of drug-likeness (QED) is 0.704. The summed E-state index contributed by atoms with van der Waals surface area (Å²) in [5.74, 6) is -0.949. The highest BCUT2D eigenvalue weighted by Gasteiger charge is 2.30. The number of rotatable bonds is 3. The molecule has 0 radical (unpaired) electrons. The first-order valence-electron chi connectivity index (χ1n) is 6.14. The van der Waals surface area contributed by atoms with Gasteiger partial charge in [-0.3, -0.25) is 19.8 Å². The lowest BCUT2D eigenvalue weighted by molar-refractivity contribution is -0.121. The third-order valence-electron chi connectivity index (χ3n) is 3.07. The van der Waals surface area contributed by atoms with Gasteiger partial charge in [-0.2, -0.15) is 0 Å². The van der Waals surface area contributed by atoms with Crippen LogP contribution in [0, 0.1) is 0 Å². The van der Waals surface area contributed by atoms with Crippen molar-refractivity contribution in [3.8, 4) is 0 Å². The highest BCUT2D eigenvalue weighted by Crippen LogP contribution is 2.15. The minimum Gasteiger partial charge on any atom is -0.389 e. The maximum atomic E-state index is 11.9. The topological polar surface area (TPSA) is 89.9 Å². The van der Waals surface area contributed by atoms with Gasteiger partial charge in [0.05, 0.1) is 24.3 Å². The second-order valence-corrected chi connectivity index (χ2v) is 5.54. The monoisotopic (exact) mass is 342 g/mol. The van der Waals surface area contributed by atoms with Crippen molar-refractivity contribution in [1.29, 1.82) is 0 Å². The summed E-state index contributed by atoms with van der Waals surface area (Å²) in [6.45, 7) is 0.403. The van der Waals surface area contributed by atoms with Crippen molar-refractivity contribution in [3.05, 3.63) is 34.3 Å². The van der Waals surface area contributed by atoms with Gasteiger partial charge in [-0.05, 0) is 28.1 Å². The Morgan fingerprint density at radius 3 is 2.45 bits per heavy atom. The maximum absolute atomic E-state index is 11.9. The molecule has 0 saturated carbocycles. The Kier molecular flexibility index (Phi) is 4.87. The number of aliphatic hydroxyl groups is 2. The van der Waals surface area contributed by atoms with Gasteiger partial charge in [-0.25, -0.2) is 0 Å². The highest BCUT2D eigenvalue weighted by atomic mass is 79.9. The lowest BCUT2D eigenvalue weighted by Crippen LogP contribution is -2.39. The van der Waals surface area contributed by atoms with Crippen LogP contribution in [0.25, 0.3) is 0 Å². The van der Waals surface area contributed by atoms with E-state index in [1.165, 1.54) is 0 Å². The fourth-order valence-electron chi connectivity index (χ4n) is 2.06. The summed E-state index contributed by atoms with van der Waals surface area (Å²) in [6, 6.07) is 6.80. The van der Waals surface area contributed by atoms with E-state index in [2.05, 4.69) is 21.2 Å². The molecule has 20 heavy (non-hydrogen) atoms. The van der Waals surface area contributed by atoms with E-state index in [1.54, 1.807) is 29.2 Å². The van der Waals surface area contributed by atoms with Crippen LogP contribution in [-0.4, -0.2) is 58.8 Å². The van der Waals surface area contributed by atoms with Crippen molar-refractivity contribution in [3.63, 3.8) is 0 Å². The summed E-state index contributed by atoms with van der Waals surface area (Å²) in [4.78, 5) is 25.2. The van der Waals surface area contributed by atoms with Gasteiger partial charge < -0.3 is 10.2 Å². The van der Waals surface area contributed by atoms with E-state index in [4.69, 9.17) is 0 Å². The molecule has 1 aromatic carbocycles. The lowest BCUT2D eigenvalue weighted by Gasteiger charge is -2.13. The molecular formula is C13H15BrN2O4. The predicted molar refractivity (Wildman–Crippen MR) is 75.1 cm³/mol. The number of carbonyl (C=O) groups excluding carboxylic acids is 2. The molecule has 0 spiro atoms. The maximum Gasteiger partial charge on any atom is 0.259 e. The summed E-state index contributed by atoms with van der Waals surface area (Å²) in [6.07, 6.45) is -1.69. The van der Waals surface area contributed by atoms with Crippen LogP contribution in [0.3, 0.4) is 0 Å². The van der Waals surface area contributed by atoms with Gasteiger partial charge in [0.1, 0.15) is 0 Å². The van der Waals surface area contributed by atoms with Gasteiger partial charge >= 0.3 is 0 Å². The zero-order valence-corrected chi connectivity index (χ0v) is 12.2. The molecular weight excluding hydrogens is 328 g/mol. The molecule has 1 aliphatic rings. The molecule has 1 fully saturated rings. The molecule has 2 atom stereocenters. The van der Waals surface area contributed by atoms with E-state index in [0.29, 0.717) is 10.0 Å². The number of imide groups is 1. The lowest BCUT2D eigenvalue weighted by atomic mass is 10.2. The molecule has 1 heterocycles. The second kappa shape index (κ2) is 6.45. The molecule has 2 unspecified atom stereocenters. The molecule has 0 aromatic heterocycles. The number of aliphatic hydroxyl groups excluding tert-OH is 2. The van der Waals surface area contributed by atoms with Gasteiger partial charge in [0.15, 0.2) is 0 Å². The van der Waals surface area contributed by atoms with E-state index in [-0.39, 0.29) is 19.6 Å². The molecule has 0 bridgehead atoms. The number of hydrogen-bond acceptors (Lipinski definition) is 5. The SMILES string of the molecule is O=C(CN1CC(O)C(O)C1)NC(=O)c1ccccc1Br. The Bertz CT molecular complexity index is 513. The molecule has 2 amide bonds. The first kappa shape index (κ1) is 15.1. The Morgan fingerprint density at radius 2 is 1.85 bits per heavy atom. The number of carbonyl (C=O) groups is 2. The van der Waals surface area contributed by atoms with Gasteiger partial charge in [0, 0.05) is 17.6 Å². The van der Waals surface area contributed by atoms with Crippen molar-refractivity contribution in [2.45, 2.75) is 12.2 Å². The number of nitrogens with one attached hydrogen (secondary N) is 1. The van der Waals surface area contributed by atoms with E-state index in [0.717, 1.165) is 0 Å². The number of amides is 2. The third kappa shape index (κ3) is 3.63. The number of halogens is 1. The Balaban J connectivity index is 1.89. The van der Waals surface area contributed by atoms with Crippen molar-refractivity contribution >= 4 is 27.7 Å². The number of nitrogens with zero attached hydrogens (tertiary/aromatic N) is 1. The zero-order valence-electron chi connectivity index (χ0n) is 10.6. The van der Waals surface area contributed by atoms with Crippen molar-refractivity contribution in [2.24, 2.45) is 0 Å². The molecule has 108 valence electrons. The highest BCUT2D eigenvalue weighted by molar-refractivity contribution is 9.10. The molecule has 1 aromatic rings. The van der Waals surface area contributed by atoms with Crippen LogP contribution in [0.1, 0.15) is 10.4 Å². The summed E-state index contributed by atoms with van der Waals surface area (Å²) < 4.78 is 0.609. The number of likely N-dealkylation sites (tertiary alicyclic amines) is 1. The van der Waals surface area contributed by atoms with Crippen LogP contribution in [-0.2, 0) is 4.79 Å². The van der Waals surface area contributed by atoms with Gasteiger partial charge in [-0.15, -0.1) is 0 Å². The molecule has 7 heteroatoms. The second-order valence-electron chi connectivity index (χ2n) is 4.69. The zero-order chi connectivity index (χ0) is 14.7. The molecule has 0 aliphatic carbocycles. The van der Waals surface area contributed by atoms with E-state index < -0.39 is 24.0 Å². The smallest absolute Gasteiger partial charge is 0.259 e. The molecule has 1 saturated heterocycles. The fraction of sp³-hybridized carbons (Fsp3) is 0.385. The first-order chi connectivity index (χ1) is 9.47. The Morgan fingerprint density at radius 1 is 1.25 bits per heavy atom. The standard InChI is InChI=1S/C13H15BrN2O4/c14-9-4-2-1-3-8(9)13(20)15-12(19)7-16-5-10(17)11(18)6-16/h1-4,10-11,17-18H,5-7H2,(H,15,19,20). The molecule has 6 nitrogen and oxygen atoms in total. The number of benzene rings is 1. The van der Waals surface area contributed by atoms with Crippen molar-refractivity contribution in [1.82, 2.24) is 10.2 Å². The van der Waals surface area contributed by atoms with Crippen LogP contribution in [0.4, 0.5) is 0 Å². The average Bonchev–Trinajstić information content (AvgIpc) is 2.68. The van der Waals surface area contributed by atoms with E-state index in [9.17, 15) is 19.8 Å². The summed E-state index contributed by atoms with van der Waals surface area (Å²) in [7, 11) is 0. The van der Waals surface area contributed by atoms with Gasteiger partial charge in [0.25, 0.3) is 5.91 Å². The minimum atomic E-state index is -0.846. The van der Waals surface area contributed by atoms with Crippen molar-refractivity contribution in [2.75, 3.05) is 19.6 Å². The minimum absolute atomic E-state index is 0.0374. The fourth-order valence-corrected chi connectivity index (χ4v) is 2.52. The van der Waals surface area contributed by atoms with Gasteiger partial charge in [0.2, 0.25) is 5.91 Å². The Hall–Kier alpha value is -1.28. The van der Waals surface area contributed by atoms with Crippen LogP contribution in [0.5, 0.6) is 0 Å². The summed E-state index contributed by atoms with van der Waals surface area (Å²) in [5, 5.41) is 21.0. The van der Waals surface area contributed by atoms with Crippen LogP contribution >= 0.6 is 15.9 Å². The summed E-state index contributed by atoms with van der Waals surface area (Å²) >= 11 is 3.24. The van der Waals surface area contributed by atoms with Crippen LogP contribution < -0.4 is 5.32 Å². The van der Waals surface area contributed by atoms with E-state index in [1.807, 2.05) is 0 Å². The predicted octanol–water partition coefficient (Wildman–Crippen LogP) is -0.257. The van der Waals surface area contributed by atoms with Crippen LogP contribution in [0.2, 0.25) is 0 Å². The first-order valence-corrected chi connectivity index (χ1v) is 6.94. The van der Waals surface area contributed by atoms with Crippen LogP contribution in [0.15, 0.2) is 28.7 Å². The average molecular weight is 343 g/mol. The number of β-amino-alcohol motifs (C(OH)–C–C–N with tert-alkyl or cyclic N) is 2. The van der Waals surface area contributed by atoms with E-state index >= 15 is 0 Å². The normalized spacial score (nSPS) is 22.8. The molecule has 1 aliphatic heterocycles. The summed E-state index contributed by atoms with van der Waals surface area (Å²) in [5.41, 5.74) is 0.377. The van der Waals surface area contributed by atoms with Crippen molar-refractivity contribution < 1.29 is 19.8 Å². The third-order valence-corrected chi connectivity index (χ3v) is 3.76. The van der Waals surface area contributed by atoms with Gasteiger partial charge in [-0.1, -0.05) is 12.1 Å². The number of hydrogen-bond donors (Lipinski definition) is 3. The molecule has 3 N–H and O–H groups in total. The molecule has 2 rings (SSSR count). The Labute approximate surface area is 124 Å².